The number of methoxy groups -OCH3 is 2. The van der Waals surface area contributed by atoms with E-state index in [4.69, 9.17) is 9.47 Å². The third-order valence-electron chi connectivity index (χ3n) is 3.70. The molecule has 0 unspecified atom stereocenters. The van der Waals surface area contributed by atoms with E-state index in [-0.39, 0.29) is 5.91 Å². The lowest BCUT2D eigenvalue weighted by atomic mass is 10.3. The highest BCUT2D eigenvalue weighted by atomic mass is 32.2. The molecule has 0 radical (unpaired) electrons. The van der Waals surface area contributed by atoms with Gasteiger partial charge in [0.2, 0.25) is 5.91 Å². The molecule has 0 aliphatic heterocycles. The number of aromatic nitrogens is 1. The molecule has 0 aliphatic carbocycles. The summed E-state index contributed by atoms with van der Waals surface area (Å²) in [6.07, 6.45) is 1.29. The van der Waals surface area contributed by atoms with Gasteiger partial charge in [-0.05, 0) is 24.3 Å². The zero-order valence-corrected chi connectivity index (χ0v) is 16.3. The van der Waals surface area contributed by atoms with Gasteiger partial charge < -0.3 is 14.8 Å². The number of nitrogens with zero attached hydrogens (tertiary/aromatic N) is 1. The van der Waals surface area contributed by atoms with Gasteiger partial charge in [-0.25, -0.2) is 4.98 Å². The van der Waals surface area contributed by atoms with E-state index in [1.807, 2.05) is 30.3 Å². The van der Waals surface area contributed by atoms with Crippen LogP contribution in [0, 0.1) is 0 Å². The summed E-state index contributed by atoms with van der Waals surface area (Å²) >= 11 is 3.19. The van der Waals surface area contributed by atoms with E-state index in [1.54, 1.807) is 26.0 Å². The SMILES string of the molecule is COc1cc2nc(NC(=O)CCCSc3ccccc3)sc2cc1OC. The van der Waals surface area contributed by atoms with Crippen molar-refractivity contribution >= 4 is 44.4 Å². The van der Waals surface area contributed by atoms with Crippen molar-refractivity contribution in [3.05, 3.63) is 42.5 Å². The first-order chi connectivity index (χ1) is 12.7. The predicted molar refractivity (Wildman–Crippen MR) is 108 cm³/mol. The molecule has 1 heterocycles. The molecule has 0 saturated carbocycles. The molecule has 1 aromatic heterocycles. The second-order valence-electron chi connectivity index (χ2n) is 5.51. The van der Waals surface area contributed by atoms with Gasteiger partial charge in [-0.15, -0.1) is 11.8 Å². The molecule has 2 aromatic carbocycles. The van der Waals surface area contributed by atoms with E-state index in [9.17, 15) is 4.79 Å². The molecule has 7 heteroatoms. The minimum absolute atomic E-state index is 0.0170. The lowest BCUT2D eigenvalue weighted by Gasteiger charge is -2.05. The van der Waals surface area contributed by atoms with Crippen LogP contribution in [0.2, 0.25) is 0 Å². The van der Waals surface area contributed by atoms with Gasteiger partial charge in [-0.3, -0.25) is 4.79 Å². The number of thiazole rings is 1. The predicted octanol–water partition coefficient (Wildman–Crippen LogP) is 4.82. The van der Waals surface area contributed by atoms with Crippen LogP contribution in [0.4, 0.5) is 5.13 Å². The summed E-state index contributed by atoms with van der Waals surface area (Å²) in [5, 5.41) is 3.48. The average molecular weight is 389 g/mol. The molecule has 26 heavy (non-hydrogen) atoms. The van der Waals surface area contributed by atoms with Crippen LogP contribution in [0.3, 0.4) is 0 Å². The fourth-order valence-corrected chi connectivity index (χ4v) is 4.20. The number of anilines is 1. The Bertz CT molecular complexity index is 840. The highest BCUT2D eigenvalue weighted by molar-refractivity contribution is 7.99. The van der Waals surface area contributed by atoms with Crippen LogP contribution in [0.5, 0.6) is 11.5 Å². The van der Waals surface area contributed by atoms with Gasteiger partial charge in [0.25, 0.3) is 0 Å². The van der Waals surface area contributed by atoms with Gasteiger partial charge in [0, 0.05) is 23.4 Å². The van der Waals surface area contributed by atoms with Crippen LogP contribution in [0.1, 0.15) is 12.8 Å². The zero-order chi connectivity index (χ0) is 18.4. The fraction of sp³-hybridized carbons (Fsp3) is 0.263. The molecule has 0 spiro atoms. The Morgan fingerprint density at radius 2 is 1.88 bits per heavy atom. The second-order valence-corrected chi connectivity index (χ2v) is 7.71. The molecular formula is C19H20N2O3S2. The normalized spacial score (nSPS) is 10.7. The van der Waals surface area contributed by atoms with Crippen LogP contribution in [-0.2, 0) is 4.79 Å². The summed E-state index contributed by atoms with van der Waals surface area (Å²) in [5.41, 5.74) is 0.780. The van der Waals surface area contributed by atoms with E-state index in [0.29, 0.717) is 23.1 Å². The highest BCUT2D eigenvalue weighted by Gasteiger charge is 2.12. The summed E-state index contributed by atoms with van der Waals surface area (Å²) in [6.45, 7) is 0. The molecule has 0 saturated heterocycles. The van der Waals surface area contributed by atoms with Crippen LogP contribution in [-0.4, -0.2) is 30.9 Å². The lowest BCUT2D eigenvalue weighted by Crippen LogP contribution is -2.11. The van der Waals surface area contributed by atoms with Crippen molar-refractivity contribution in [1.82, 2.24) is 4.98 Å². The molecule has 1 amide bonds. The van der Waals surface area contributed by atoms with Crippen molar-refractivity contribution < 1.29 is 14.3 Å². The molecule has 0 atom stereocenters. The first kappa shape index (κ1) is 18.5. The second kappa shape index (κ2) is 8.91. The third-order valence-corrected chi connectivity index (χ3v) is 5.73. The van der Waals surface area contributed by atoms with Gasteiger partial charge in [0.05, 0.1) is 24.4 Å². The van der Waals surface area contributed by atoms with E-state index in [0.717, 1.165) is 22.4 Å². The standard InChI is InChI=1S/C19H20N2O3S2/c1-23-15-11-14-17(12-16(15)24-2)26-19(20-14)21-18(22)9-6-10-25-13-7-4-3-5-8-13/h3-5,7-8,11-12H,6,9-10H2,1-2H3,(H,20,21,22). The molecular weight excluding hydrogens is 368 g/mol. The Hall–Kier alpha value is -2.25. The largest absolute Gasteiger partial charge is 0.493 e. The maximum Gasteiger partial charge on any atom is 0.226 e. The molecule has 0 bridgehead atoms. The number of carbonyl (C=O) groups is 1. The van der Waals surface area contributed by atoms with Crippen LogP contribution < -0.4 is 14.8 Å². The zero-order valence-electron chi connectivity index (χ0n) is 14.7. The summed E-state index contributed by atoms with van der Waals surface area (Å²) in [5.74, 6) is 2.17. The molecule has 0 fully saturated rings. The fourth-order valence-electron chi connectivity index (χ4n) is 2.43. The summed E-state index contributed by atoms with van der Waals surface area (Å²) in [6, 6.07) is 13.9. The number of hydrogen-bond donors (Lipinski definition) is 1. The van der Waals surface area contributed by atoms with Crippen molar-refractivity contribution in [2.75, 3.05) is 25.3 Å². The van der Waals surface area contributed by atoms with Crippen LogP contribution >= 0.6 is 23.1 Å². The number of hydrogen-bond acceptors (Lipinski definition) is 6. The van der Waals surface area contributed by atoms with Gasteiger partial charge in [0.1, 0.15) is 0 Å². The van der Waals surface area contributed by atoms with Crippen molar-refractivity contribution in [1.29, 1.82) is 0 Å². The molecule has 0 aliphatic rings. The summed E-state index contributed by atoms with van der Waals surface area (Å²) in [4.78, 5) is 17.8. The molecule has 3 aromatic rings. The lowest BCUT2D eigenvalue weighted by molar-refractivity contribution is -0.116. The smallest absolute Gasteiger partial charge is 0.226 e. The van der Waals surface area contributed by atoms with Gasteiger partial charge >= 0.3 is 0 Å². The Labute approximate surface area is 160 Å². The minimum Gasteiger partial charge on any atom is -0.493 e. The number of thioether (sulfide) groups is 1. The number of carbonyl (C=O) groups excluding carboxylic acids is 1. The molecule has 3 rings (SSSR count). The number of nitrogens with one attached hydrogen (secondary N) is 1. The monoisotopic (exact) mass is 388 g/mol. The first-order valence-corrected chi connectivity index (χ1v) is 10.00. The van der Waals surface area contributed by atoms with E-state index < -0.39 is 0 Å². The quantitative estimate of drug-likeness (QED) is 0.443. The van der Waals surface area contributed by atoms with Gasteiger partial charge in [-0.1, -0.05) is 29.5 Å². The van der Waals surface area contributed by atoms with Crippen molar-refractivity contribution in [3.63, 3.8) is 0 Å². The Morgan fingerprint density at radius 1 is 1.15 bits per heavy atom. The Kier molecular flexibility index (Phi) is 6.35. The Morgan fingerprint density at radius 3 is 2.62 bits per heavy atom. The Balaban J connectivity index is 1.54. The number of amides is 1. The van der Waals surface area contributed by atoms with E-state index in [2.05, 4.69) is 22.4 Å². The maximum atomic E-state index is 12.1. The minimum atomic E-state index is -0.0170. The van der Waals surface area contributed by atoms with Gasteiger partial charge in [-0.2, -0.15) is 0 Å². The van der Waals surface area contributed by atoms with Crippen LogP contribution in [0.25, 0.3) is 10.2 Å². The van der Waals surface area contributed by atoms with Crippen molar-refractivity contribution in [2.45, 2.75) is 17.7 Å². The molecule has 136 valence electrons. The maximum absolute atomic E-state index is 12.1. The average Bonchev–Trinajstić information content (AvgIpc) is 3.05. The van der Waals surface area contributed by atoms with E-state index >= 15 is 0 Å². The van der Waals surface area contributed by atoms with Crippen LogP contribution in [0.15, 0.2) is 47.4 Å². The first-order valence-electron chi connectivity index (χ1n) is 8.20. The number of ether oxygens (including phenoxy) is 2. The topological polar surface area (TPSA) is 60.5 Å². The summed E-state index contributed by atoms with van der Waals surface area (Å²) in [7, 11) is 3.19. The summed E-state index contributed by atoms with van der Waals surface area (Å²) < 4.78 is 11.5. The van der Waals surface area contributed by atoms with E-state index in [1.165, 1.54) is 16.2 Å². The molecule has 5 nitrogen and oxygen atoms in total. The molecule has 1 N–H and O–H groups in total. The number of benzene rings is 2. The van der Waals surface area contributed by atoms with Crippen molar-refractivity contribution in [3.8, 4) is 11.5 Å². The third kappa shape index (κ3) is 4.68. The van der Waals surface area contributed by atoms with Gasteiger partial charge in [0.15, 0.2) is 16.6 Å². The number of fused-ring (bicyclic) bond motifs is 1. The van der Waals surface area contributed by atoms with Crippen molar-refractivity contribution in [2.24, 2.45) is 0 Å². The highest BCUT2D eigenvalue weighted by Crippen LogP contribution is 2.36. The number of rotatable bonds is 8.